The summed E-state index contributed by atoms with van der Waals surface area (Å²) in [6, 6.07) is 17.4. The summed E-state index contributed by atoms with van der Waals surface area (Å²) < 4.78 is 0. The van der Waals surface area contributed by atoms with E-state index in [-0.39, 0.29) is 11.8 Å². The van der Waals surface area contributed by atoms with Crippen LogP contribution < -0.4 is 10.2 Å². The van der Waals surface area contributed by atoms with Crippen LogP contribution in [0, 0.1) is 0 Å². The average molecular weight is 380 g/mol. The van der Waals surface area contributed by atoms with E-state index in [1.54, 1.807) is 17.0 Å². The predicted molar refractivity (Wildman–Crippen MR) is 112 cm³/mol. The second kappa shape index (κ2) is 9.93. The molecule has 0 atom stereocenters. The van der Waals surface area contributed by atoms with E-state index < -0.39 is 0 Å². The number of nitrogens with one attached hydrogen (secondary N) is 1. The quantitative estimate of drug-likeness (QED) is 0.802. The molecule has 0 aliphatic carbocycles. The Balaban J connectivity index is 1.51. The van der Waals surface area contributed by atoms with Crippen LogP contribution in [0.3, 0.4) is 0 Å². The summed E-state index contributed by atoms with van der Waals surface area (Å²) in [5, 5.41) is 2.82. The number of para-hydroxylation sites is 1. The summed E-state index contributed by atoms with van der Waals surface area (Å²) in [5.41, 5.74) is 3.02. The second-order valence-corrected chi connectivity index (χ2v) is 7.30. The van der Waals surface area contributed by atoms with Crippen molar-refractivity contribution in [1.82, 2.24) is 10.2 Å². The van der Waals surface area contributed by atoms with E-state index in [1.807, 2.05) is 31.3 Å². The van der Waals surface area contributed by atoms with Gasteiger partial charge in [-0.3, -0.25) is 9.59 Å². The summed E-state index contributed by atoms with van der Waals surface area (Å²) in [6.45, 7) is 3.09. The minimum Gasteiger partial charge on any atom is -0.371 e. The first-order valence-electron chi connectivity index (χ1n) is 10.1. The standard InChI is InChI=1S/C23H29N3O2/c1-25(22(27)14-15-24-23(28)19-10-4-2-5-11-19)18-20-12-6-7-13-21(20)26-16-8-3-9-17-26/h2,4-7,10-13H,3,8-9,14-18H2,1H3,(H,24,28). The van der Waals surface area contributed by atoms with Gasteiger partial charge in [0.25, 0.3) is 5.91 Å². The SMILES string of the molecule is CN(Cc1ccccc1N1CCCCC1)C(=O)CCNC(=O)c1ccccc1. The average Bonchev–Trinajstić information content (AvgIpc) is 2.75. The molecule has 2 amide bonds. The molecule has 1 saturated heterocycles. The number of hydrogen-bond acceptors (Lipinski definition) is 3. The molecule has 0 aromatic heterocycles. The van der Waals surface area contributed by atoms with Crippen LogP contribution in [0.25, 0.3) is 0 Å². The molecule has 5 nitrogen and oxygen atoms in total. The number of carbonyl (C=O) groups excluding carboxylic acids is 2. The van der Waals surface area contributed by atoms with E-state index >= 15 is 0 Å². The second-order valence-electron chi connectivity index (χ2n) is 7.30. The van der Waals surface area contributed by atoms with Crippen molar-refractivity contribution in [2.75, 3.05) is 31.6 Å². The van der Waals surface area contributed by atoms with E-state index in [2.05, 4.69) is 28.4 Å². The van der Waals surface area contributed by atoms with Crippen molar-refractivity contribution in [3.05, 3.63) is 65.7 Å². The van der Waals surface area contributed by atoms with E-state index in [0.29, 0.717) is 25.1 Å². The summed E-state index contributed by atoms with van der Waals surface area (Å²) in [7, 11) is 1.83. The largest absolute Gasteiger partial charge is 0.371 e. The van der Waals surface area contributed by atoms with Crippen molar-refractivity contribution in [2.45, 2.75) is 32.2 Å². The summed E-state index contributed by atoms with van der Waals surface area (Å²) in [5.74, 6) is -0.117. The van der Waals surface area contributed by atoms with Crippen molar-refractivity contribution in [3.8, 4) is 0 Å². The Hall–Kier alpha value is -2.82. The number of benzene rings is 2. The lowest BCUT2D eigenvalue weighted by atomic mass is 10.1. The molecular formula is C23H29N3O2. The molecule has 1 heterocycles. The number of rotatable bonds is 7. The lowest BCUT2D eigenvalue weighted by Gasteiger charge is -2.31. The van der Waals surface area contributed by atoms with Crippen LogP contribution in [-0.4, -0.2) is 43.4 Å². The van der Waals surface area contributed by atoms with Gasteiger partial charge in [0, 0.05) is 50.9 Å². The van der Waals surface area contributed by atoms with E-state index in [1.165, 1.54) is 30.5 Å². The fourth-order valence-electron chi connectivity index (χ4n) is 3.60. The van der Waals surface area contributed by atoms with Gasteiger partial charge < -0.3 is 15.1 Å². The number of piperidine rings is 1. The van der Waals surface area contributed by atoms with Gasteiger partial charge >= 0.3 is 0 Å². The molecule has 3 rings (SSSR count). The lowest BCUT2D eigenvalue weighted by molar-refractivity contribution is -0.130. The van der Waals surface area contributed by atoms with Crippen LogP contribution >= 0.6 is 0 Å². The van der Waals surface area contributed by atoms with Crippen LogP contribution in [0.1, 0.15) is 41.6 Å². The Bertz CT molecular complexity index is 785. The zero-order chi connectivity index (χ0) is 19.8. The summed E-state index contributed by atoms with van der Waals surface area (Å²) >= 11 is 0. The number of carbonyl (C=O) groups is 2. The summed E-state index contributed by atoms with van der Waals surface area (Å²) in [6.07, 6.45) is 4.04. The molecule has 2 aromatic carbocycles. The van der Waals surface area contributed by atoms with Gasteiger partial charge in [-0.25, -0.2) is 0 Å². The molecule has 148 valence electrons. The van der Waals surface area contributed by atoms with Gasteiger partial charge in [0.1, 0.15) is 0 Å². The van der Waals surface area contributed by atoms with E-state index in [9.17, 15) is 9.59 Å². The monoisotopic (exact) mass is 379 g/mol. The first kappa shape index (κ1) is 19.9. The molecule has 2 aromatic rings. The van der Waals surface area contributed by atoms with Crippen molar-refractivity contribution >= 4 is 17.5 Å². The highest BCUT2D eigenvalue weighted by atomic mass is 16.2. The molecule has 28 heavy (non-hydrogen) atoms. The maximum Gasteiger partial charge on any atom is 0.251 e. The molecule has 0 radical (unpaired) electrons. The van der Waals surface area contributed by atoms with Crippen molar-refractivity contribution in [1.29, 1.82) is 0 Å². The maximum absolute atomic E-state index is 12.5. The van der Waals surface area contributed by atoms with E-state index in [0.717, 1.165) is 13.1 Å². The topological polar surface area (TPSA) is 52.6 Å². The third kappa shape index (κ3) is 5.35. The zero-order valence-electron chi connectivity index (χ0n) is 16.6. The van der Waals surface area contributed by atoms with Crippen molar-refractivity contribution < 1.29 is 9.59 Å². The molecule has 1 aliphatic rings. The lowest BCUT2D eigenvalue weighted by Crippen LogP contribution is -2.33. The molecule has 1 N–H and O–H groups in total. The minimum atomic E-state index is -0.147. The molecule has 0 unspecified atom stereocenters. The van der Waals surface area contributed by atoms with Crippen LogP contribution in [0.5, 0.6) is 0 Å². The normalized spacial score (nSPS) is 13.8. The Kier molecular flexibility index (Phi) is 7.06. The van der Waals surface area contributed by atoms with Crippen LogP contribution in [-0.2, 0) is 11.3 Å². The van der Waals surface area contributed by atoms with Gasteiger partial charge in [0.15, 0.2) is 0 Å². The Labute approximate surface area is 167 Å². The summed E-state index contributed by atoms with van der Waals surface area (Å²) in [4.78, 5) is 28.8. The van der Waals surface area contributed by atoms with Crippen LogP contribution in [0.15, 0.2) is 54.6 Å². The van der Waals surface area contributed by atoms with Gasteiger partial charge in [0.05, 0.1) is 0 Å². The van der Waals surface area contributed by atoms with Gasteiger partial charge in [-0.15, -0.1) is 0 Å². The molecule has 1 aliphatic heterocycles. The Morgan fingerprint density at radius 3 is 2.39 bits per heavy atom. The fraction of sp³-hybridized carbons (Fsp3) is 0.391. The van der Waals surface area contributed by atoms with Crippen LogP contribution in [0.2, 0.25) is 0 Å². The predicted octanol–water partition coefficient (Wildman–Crippen LogP) is 3.46. The molecular weight excluding hydrogens is 350 g/mol. The third-order valence-electron chi connectivity index (χ3n) is 5.18. The van der Waals surface area contributed by atoms with Gasteiger partial charge in [-0.1, -0.05) is 36.4 Å². The fourth-order valence-corrected chi connectivity index (χ4v) is 3.60. The smallest absolute Gasteiger partial charge is 0.251 e. The number of hydrogen-bond donors (Lipinski definition) is 1. The van der Waals surface area contributed by atoms with Gasteiger partial charge in [0.2, 0.25) is 5.91 Å². The number of amides is 2. The number of nitrogens with zero attached hydrogens (tertiary/aromatic N) is 2. The molecule has 1 fully saturated rings. The highest BCUT2D eigenvalue weighted by Gasteiger charge is 2.17. The molecule has 0 saturated carbocycles. The first-order chi connectivity index (χ1) is 13.6. The van der Waals surface area contributed by atoms with Gasteiger partial charge in [-0.05, 0) is 43.0 Å². The Morgan fingerprint density at radius 2 is 1.64 bits per heavy atom. The zero-order valence-corrected chi connectivity index (χ0v) is 16.6. The number of anilines is 1. The van der Waals surface area contributed by atoms with Crippen molar-refractivity contribution in [2.24, 2.45) is 0 Å². The van der Waals surface area contributed by atoms with Crippen molar-refractivity contribution in [3.63, 3.8) is 0 Å². The highest BCUT2D eigenvalue weighted by molar-refractivity contribution is 5.94. The minimum absolute atomic E-state index is 0.0295. The van der Waals surface area contributed by atoms with Crippen LogP contribution in [0.4, 0.5) is 5.69 Å². The molecule has 5 heteroatoms. The maximum atomic E-state index is 12.5. The molecule has 0 bridgehead atoms. The molecule has 0 spiro atoms. The van der Waals surface area contributed by atoms with Gasteiger partial charge in [-0.2, -0.15) is 0 Å². The highest BCUT2D eigenvalue weighted by Crippen LogP contribution is 2.25. The first-order valence-corrected chi connectivity index (χ1v) is 10.1. The third-order valence-corrected chi connectivity index (χ3v) is 5.18. The Morgan fingerprint density at radius 1 is 0.964 bits per heavy atom. The van der Waals surface area contributed by atoms with E-state index in [4.69, 9.17) is 0 Å².